The van der Waals surface area contributed by atoms with Crippen molar-refractivity contribution in [2.24, 2.45) is 5.92 Å². The van der Waals surface area contributed by atoms with Crippen molar-refractivity contribution in [1.29, 1.82) is 0 Å². The van der Waals surface area contributed by atoms with Gasteiger partial charge in [0.15, 0.2) is 5.78 Å². The molecule has 1 aliphatic carbocycles. The predicted octanol–water partition coefficient (Wildman–Crippen LogP) is 1.22. The topological polar surface area (TPSA) is 57.0 Å². The molecule has 94 valence electrons. The van der Waals surface area contributed by atoms with Crippen molar-refractivity contribution in [3.63, 3.8) is 0 Å². The molecule has 0 amide bonds. The second-order valence-corrected chi connectivity index (χ2v) is 4.35. The van der Waals surface area contributed by atoms with Gasteiger partial charge in [-0.1, -0.05) is 0 Å². The average Bonchev–Trinajstić information content (AvgIpc) is 3.06. The molecule has 0 bridgehead atoms. The quantitative estimate of drug-likeness (QED) is 0.715. The Balaban J connectivity index is 1.99. The summed E-state index contributed by atoms with van der Waals surface area (Å²) in [4.78, 5) is 16.3. The number of ketones is 1. The van der Waals surface area contributed by atoms with E-state index in [4.69, 9.17) is 4.74 Å². The molecule has 17 heavy (non-hydrogen) atoms. The lowest BCUT2D eigenvalue weighted by Gasteiger charge is -2.14. The van der Waals surface area contributed by atoms with Crippen LogP contribution in [0.5, 0.6) is 0 Å². The lowest BCUT2D eigenvalue weighted by atomic mass is 10.1. The highest BCUT2D eigenvalue weighted by Gasteiger charge is 2.36. The fourth-order valence-electron chi connectivity index (χ4n) is 2.02. The third-order valence-electron chi connectivity index (χ3n) is 3.04. The largest absolute Gasteiger partial charge is 0.370 e. The summed E-state index contributed by atoms with van der Waals surface area (Å²) in [7, 11) is 0. The summed E-state index contributed by atoms with van der Waals surface area (Å²) < 4.78 is 7.30. The fourth-order valence-corrected chi connectivity index (χ4v) is 2.02. The molecule has 1 atom stereocenters. The molecule has 1 aliphatic rings. The molecule has 0 N–H and O–H groups in total. The standard InChI is InChI=1S/C12H19N3O2/c1-3-15-11(13-8-14-15)7-10(16)12(17-4-2)9-5-6-9/h8-9,12H,3-7H2,1-2H3. The summed E-state index contributed by atoms with van der Waals surface area (Å²) in [5, 5.41) is 4.07. The first-order chi connectivity index (χ1) is 8.26. The van der Waals surface area contributed by atoms with Gasteiger partial charge in [0.1, 0.15) is 18.3 Å². The van der Waals surface area contributed by atoms with Gasteiger partial charge in [0, 0.05) is 13.2 Å². The number of rotatable bonds is 7. The molecule has 5 nitrogen and oxygen atoms in total. The van der Waals surface area contributed by atoms with Gasteiger partial charge in [-0.15, -0.1) is 0 Å². The van der Waals surface area contributed by atoms with E-state index in [0.717, 1.165) is 25.2 Å². The maximum absolute atomic E-state index is 12.1. The van der Waals surface area contributed by atoms with Crippen LogP contribution in [0.4, 0.5) is 0 Å². The van der Waals surface area contributed by atoms with E-state index in [2.05, 4.69) is 10.1 Å². The molecule has 0 aliphatic heterocycles. The summed E-state index contributed by atoms with van der Waals surface area (Å²) >= 11 is 0. The maximum atomic E-state index is 12.1. The van der Waals surface area contributed by atoms with Crippen LogP contribution in [-0.4, -0.2) is 33.3 Å². The van der Waals surface area contributed by atoms with Crippen molar-refractivity contribution in [2.45, 2.75) is 45.8 Å². The number of aromatic nitrogens is 3. The molecular weight excluding hydrogens is 218 g/mol. The zero-order valence-corrected chi connectivity index (χ0v) is 10.4. The Bertz CT molecular complexity index is 385. The van der Waals surface area contributed by atoms with Crippen LogP contribution in [0.3, 0.4) is 0 Å². The lowest BCUT2D eigenvalue weighted by Crippen LogP contribution is -2.29. The third kappa shape index (κ3) is 2.91. The zero-order valence-electron chi connectivity index (χ0n) is 10.4. The summed E-state index contributed by atoms with van der Waals surface area (Å²) in [6.45, 7) is 5.25. The molecule has 0 radical (unpaired) electrons. The third-order valence-corrected chi connectivity index (χ3v) is 3.04. The lowest BCUT2D eigenvalue weighted by molar-refractivity contribution is -0.131. The summed E-state index contributed by atoms with van der Waals surface area (Å²) in [6, 6.07) is 0. The van der Waals surface area contributed by atoms with Gasteiger partial charge in [-0.3, -0.25) is 4.79 Å². The van der Waals surface area contributed by atoms with Gasteiger partial charge in [-0.05, 0) is 32.6 Å². The van der Waals surface area contributed by atoms with Crippen LogP contribution in [0.1, 0.15) is 32.5 Å². The highest BCUT2D eigenvalue weighted by atomic mass is 16.5. The van der Waals surface area contributed by atoms with Gasteiger partial charge in [-0.2, -0.15) is 5.10 Å². The van der Waals surface area contributed by atoms with E-state index >= 15 is 0 Å². The molecule has 1 fully saturated rings. The maximum Gasteiger partial charge on any atom is 0.169 e. The van der Waals surface area contributed by atoms with Gasteiger partial charge < -0.3 is 4.74 Å². The van der Waals surface area contributed by atoms with E-state index in [1.807, 2.05) is 13.8 Å². The first-order valence-electron chi connectivity index (χ1n) is 6.27. The summed E-state index contributed by atoms with van der Waals surface area (Å²) in [5.74, 6) is 1.31. The Morgan fingerprint density at radius 1 is 1.59 bits per heavy atom. The van der Waals surface area contributed by atoms with Gasteiger partial charge >= 0.3 is 0 Å². The number of carbonyl (C=O) groups excluding carboxylic acids is 1. The van der Waals surface area contributed by atoms with E-state index in [0.29, 0.717) is 18.9 Å². The average molecular weight is 237 g/mol. The molecule has 1 heterocycles. The number of nitrogens with zero attached hydrogens (tertiary/aromatic N) is 3. The summed E-state index contributed by atoms with van der Waals surface area (Å²) in [5.41, 5.74) is 0. The van der Waals surface area contributed by atoms with Gasteiger partial charge in [0.25, 0.3) is 0 Å². The smallest absolute Gasteiger partial charge is 0.169 e. The van der Waals surface area contributed by atoms with Crippen LogP contribution in [0, 0.1) is 5.92 Å². The van der Waals surface area contributed by atoms with Gasteiger partial charge in [-0.25, -0.2) is 9.67 Å². The van der Waals surface area contributed by atoms with Crippen LogP contribution < -0.4 is 0 Å². The van der Waals surface area contributed by atoms with E-state index in [-0.39, 0.29) is 11.9 Å². The number of hydrogen-bond acceptors (Lipinski definition) is 4. The SMILES string of the molecule is CCOC(C(=O)Cc1ncnn1CC)C1CC1. The number of carbonyl (C=O) groups is 1. The van der Waals surface area contributed by atoms with Gasteiger partial charge in [0.05, 0.1) is 6.42 Å². The molecule has 0 aromatic carbocycles. The van der Waals surface area contributed by atoms with Crippen molar-refractivity contribution in [3.05, 3.63) is 12.2 Å². The Morgan fingerprint density at radius 2 is 2.35 bits per heavy atom. The van der Waals surface area contributed by atoms with Crippen molar-refractivity contribution >= 4 is 5.78 Å². The highest BCUT2D eigenvalue weighted by molar-refractivity contribution is 5.85. The Hall–Kier alpha value is -1.23. The number of hydrogen-bond donors (Lipinski definition) is 0. The van der Waals surface area contributed by atoms with Gasteiger partial charge in [0.2, 0.25) is 0 Å². The fraction of sp³-hybridized carbons (Fsp3) is 0.750. The molecular formula is C12H19N3O2. The van der Waals surface area contributed by atoms with Crippen molar-refractivity contribution in [2.75, 3.05) is 6.61 Å². The first-order valence-corrected chi connectivity index (χ1v) is 6.27. The molecule has 5 heteroatoms. The van der Waals surface area contributed by atoms with Crippen LogP contribution in [0.15, 0.2) is 6.33 Å². The van der Waals surface area contributed by atoms with E-state index in [9.17, 15) is 4.79 Å². The monoisotopic (exact) mass is 237 g/mol. The molecule has 1 aromatic rings. The first kappa shape index (κ1) is 12.2. The molecule has 0 saturated heterocycles. The predicted molar refractivity (Wildman–Crippen MR) is 62.5 cm³/mol. The second kappa shape index (κ2) is 5.40. The number of aryl methyl sites for hydroxylation is 1. The second-order valence-electron chi connectivity index (χ2n) is 4.35. The summed E-state index contributed by atoms with van der Waals surface area (Å²) in [6.07, 6.45) is 3.81. The molecule has 1 saturated carbocycles. The minimum atomic E-state index is -0.234. The van der Waals surface area contributed by atoms with E-state index < -0.39 is 0 Å². The Kier molecular flexibility index (Phi) is 3.89. The van der Waals surface area contributed by atoms with Crippen molar-refractivity contribution in [3.8, 4) is 0 Å². The normalized spacial score (nSPS) is 17.1. The number of Topliss-reactive ketones (excluding diaryl/α,β-unsaturated/α-hetero) is 1. The van der Waals surface area contributed by atoms with Crippen LogP contribution in [0.2, 0.25) is 0 Å². The zero-order chi connectivity index (χ0) is 12.3. The molecule has 1 unspecified atom stereocenters. The Labute approximate surface area is 101 Å². The molecule has 0 spiro atoms. The van der Waals surface area contributed by atoms with E-state index in [1.165, 1.54) is 6.33 Å². The van der Waals surface area contributed by atoms with Crippen molar-refractivity contribution in [1.82, 2.24) is 14.8 Å². The minimum absolute atomic E-state index is 0.136. The highest BCUT2D eigenvalue weighted by Crippen LogP contribution is 2.35. The molecule has 1 aromatic heterocycles. The van der Waals surface area contributed by atoms with Crippen molar-refractivity contribution < 1.29 is 9.53 Å². The molecule has 2 rings (SSSR count). The van der Waals surface area contributed by atoms with Crippen LogP contribution in [-0.2, 0) is 22.5 Å². The van der Waals surface area contributed by atoms with Crippen LogP contribution in [0.25, 0.3) is 0 Å². The van der Waals surface area contributed by atoms with Crippen LogP contribution >= 0.6 is 0 Å². The Morgan fingerprint density at radius 3 is 2.94 bits per heavy atom. The number of ether oxygens (including phenoxy) is 1. The minimum Gasteiger partial charge on any atom is -0.370 e. The van der Waals surface area contributed by atoms with E-state index in [1.54, 1.807) is 4.68 Å².